The van der Waals surface area contributed by atoms with Crippen LogP contribution in [0.2, 0.25) is 0 Å². The van der Waals surface area contributed by atoms with Crippen LogP contribution in [0.3, 0.4) is 0 Å². The minimum absolute atomic E-state index is 0.0362. The normalized spacial score (nSPS) is 10.8. The van der Waals surface area contributed by atoms with E-state index in [1.54, 1.807) is 54.6 Å². The molecule has 0 radical (unpaired) electrons. The zero-order valence-corrected chi connectivity index (χ0v) is 31.4. The molecule has 0 aliphatic carbocycles. The van der Waals surface area contributed by atoms with Gasteiger partial charge in [0.2, 0.25) is 0 Å². The Hall–Kier alpha value is -3.71. The van der Waals surface area contributed by atoms with Crippen LogP contribution in [0.5, 0.6) is 0 Å². The second-order valence-corrected chi connectivity index (χ2v) is 13.4. The third-order valence-corrected chi connectivity index (χ3v) is 9.38. The molecule has 2 aromatic heterocycles. The maximum atomic E-state index is 14.1. The highest BCUT2D eigenvalue weighted by Crippen LogP contribution is 2.39. The molecule has 0 saturated carbocycles. The Balaban J connectivity index is 0.000000184. The van der Waals surface area contributed by atoms with Crippen LogP contribution in [0.1, 0.15) is 47.4 Å². The molecule has 0 atom stereocenters. The fraction of sp³-hybridized carbons (Fsp3) is 0.118. The number of nitrogens with two attached hydrogens (primary N) is 2. The third-order valence-electron chi connectivity index (χ3n) is 7.13. The zero-order chi connectivity index (χ0) is 37.0. The van der Waals surface area contributed by atoms with Crippen molar-refractivity contribution in [1.82, 2.24) is 0 Å². The van der Waals surface area contributed by atoms with E-state index >= 15 is 0 Å². The predicted molar refractivity (Wildman–Crippen MR) is 200 cm³/mol. The van der Waals surface area contributed by atoms with Gasteiger partial charge in [0.1, 0.15) is 45.9 Å². The first-order chi connectivity index (χ1) is 23.6. The number of rotatable bonds is 6. The van der Waals surface area contributed by atoms with Crippen molar-refractivity contribution < 1.29 is 46.0 Å². The molecule has 2 heterocycles. The van der Waals surface area contributed by atoms with Crippen LogP contribution >= 0.6 is 54.5 Å². The van der Waals surface area contributed by atoms with Crippen LogP contribution in [-0.4, -0.2) is 28.7 Å². The van der Waals surface area contributed by atoms with Crippen LogP contribution < -0.4 is 17.1 Å². The van der Waals surface area contributed by atoms with Crippen molar-refractivity contribution in [2.45, 2.75) is 26.7 Å². The number of Topliss-reactive ketones (excluding diaryl/α,β-unsaturated/α-hetero) is 2. The molecule has 0 aliphatic rings. The molecule has 260 valence electrons. The van der Waals surface area contributed by atoms with E-state index in [1.807, 2.05) is 0 Å². The van der Waals surface area contributed by atoms with Crippen molar-refractivity contribution >= 4 is 112 Å². The van der Waals surface area contributed by atoms with Crippen molar-refractivity contribution in [1.29, 1.82) is 0 Å². The number of carbonyl (C=O) groups excluding carboxylic acids is 2. The number of fused-ring (bicyclic) bond motifs is 2. The van der Waals surface area contributed by atoms with Crippen LogP contribution in [-0.2, 0) is 0 Å². The van der Waals surface area contributed by atoms with E-state index in [2.05, 4.69) is 31.9 Å². The smallest absolute Gasteiger partial charge is 0.464 e. The Bertz CT molecular complexity index is 2250. The van der Waals surface area contributed by atoms with Gasteiger partial charge in [0.05, 0.1) is 16.7 Å². The number of furan rings is 2. The minimum Gasteiger partial charge on any atom is -0.464 e. The lowest BCUT2D eigenvalue weighted by Crippen LogP contribution is -2.32. The summed E-state index contributed by atoms with van der Waals surface area (Å²) in [6, 6.07) is 13.0. The molecule has 6 N–H and O–H groups in total. The molecule has 0 spiro atoms. The van der Waals surface area contributed by atoms with Gasteiger partial charge in [-0.05, 0) is 90.8 Å². The van der Waals surface area contributed by atoms with Crippen LogP contribution in [0.25, 0.3) is 33.3 Å². The van der Waals surface area contributed by atoms with Crippen molar-refractivity contribution in [3.8, 4) is 11.3 Å². The number of benzene rings is 4. The Kier molecular flexibility index (Phi) is 12.9. The van der Waals surface area contributed by atoms with Gasteiger partial charge in [-0.1, -0.05) is 13.8 Å². The van der Waals surface area contributed by atoms with Crippen molar-refractivity contribution in [3.05, 3.63) is 108 Å². The van der Waals surface area contributed by atoms with Gasteiger partial charge >= 0.3 is 7.12 Å². The Labute approximate surface area is 313 Å². The highest BCUT2D eigenvalue weighted by Gasteiger charge is 2.28. The Morgan fingerprint density at radius 2 is 1.22 bits per heavy atom. The lowest BCUT2D eigenvalue weighted by atomic mass is 9.82. The van der Waals surface area contributed by atoms with Gasteiger partial charge in [0.25, 0.3) is 0 Å². The number of hydrogen-bond acceptors (Lipinski definition) is 8. The number of nitrogen functional groups attached to an aromatic ring is 2. The number of halogens is 7. The van der Waals surface area contributed by atoms with Gasteiger partial charge in [-0.2, -0.15) is 0 Å². The van der Waals surface area contributed by atoms with E-state index in [4.69, 9.17) is 20.3 Å². The first kappa shape index (κ1) is 39.1. The number of ketones is 2. The van der Waals surface area contributed by atoms with E-state index in [1.165, 1.54) is 24.3 Å². The summed E-state index contributed by atoms with van der Waals surface area (Å²) in [6.07, 6.45) is 0.475. The highest BCUT2D eigenvalue weighted by atomic mass is 127. The molecular formula is C34H26BBr2F4IN2O6. The standard InChI is InChI=1S/C17H12BrF2NO2.C11H11BBrNO4.C6H3F2I/c1-2-14(22)16-10-6-11(18)13(21)7-15(10)23-17(16)9-4-3-8(19)5-12(9)20;1-2-8(15)10-5-3-6(13)7(14)4-9(5)18-11(10)12(16)17;7-4-1-2-6(9)5(8)3-4/h3-7H,2,21H2,1H3;3-4,16-17H,2,14H2,1H3;1-3H. The van der Waals surface area contributed by atoms with Crippen molar-refractivity contribution in [3.63, 3.8) is 0 Å². The number of anilines is 2. The maximum Gasteiger partial charge on any atom is 0.527 e. The molecule has 0 fully saturated rings. The summed E-state index contributed by atoms with van der Waals surface area (Å²) in [4.78, 5) is 24.2. The fourth-order valence-electron chi connectivity index (χ4n) is 4.72. The van der Waals surface area contributed by atoms with Gasteiger partial charge in [-0.15, -0.1) is 0 Å². The van der Waals surface area contributed by atoms with E-state index in [-0.39, 0.29) is 52.5 Å². The van der Waals surface area contributed by atoms with Crippen LogP contribution in [0.4, 0.5) is 28.9 Å². The summed E-state index contributed by atoms with van der Waals surface area (Å²) in [5.41, 5.74) is 13.5. The summed E-state index contributed by atoms with van der Waals surface area (Å²) in [5, 5.41) is 19.6. The minimum atomic E-state index is -1.83. The molecule has 16 heteroatoms. The average Bonchev–Trinajstić information content (AvgIpc) is 3.61. The second-order valence-electron chi connectivity index (χ2n) is 10.5. The second kappa shape index (κ2) is 16.5. The summed E-state index contributed by atoms with van der Waals surface area (Å²) in [6.45, 7) is 3.40. The first-order valence-corrected chi connectivity index (χ1v) is 17.3. The quantitative estimate of drug-likeness (QED) is 0.0323. The maximum absolute atomic E-state index is 14.1. The molecular weight excluding hydrogens is 906 g/mol. The molecule has 50 heavy (non-hydrogen) atoms. The predicted octanol–water partition coefficient (Wildman–Crippen LogP) is 8.93. The SMILES string of the molecule is CCC(=O)c1c(-c2ccc(F)cc2F)oc2cc(N)c(Br)cc12.CCC(=O)c1c(B(O)O)oc2cc(N)c(Br)cc12.Fc1ccc(I)c(F)c1. The molecule has 0 bridgehead atoms. The van der Waals surface area contributed by atoms with E-state index < -0.39 is 30.4 Å². The summed E-state index contributed by atoms with van der Waals surface area (Å²) in [5.74, 6) is -2.85. The number of hydrogen-bond donors (Lipinski definition) is 4. The number of carbonyl (C=O) groups is 2. The molecule has 6 aromatic rings. The molecule has 0 amide bonds. The fourth-order valence-corrected chi connectivity index (χ4v) is 5.74. The van der Waals surface area contributed by atoms with Gasteiger partial charge in [-0.25, -0.2) is 17.6 Å². The first-order valence-electron chi connectivity index (χ1n) is 14.6. The summed E-state index contributed by atoms with van der Waals surface area (Å²) in [7, 11) is -1.83. The molecule has 0 unspecified atom stereocenters. The van der Waals surface area contributed by atoms with E-state index in [0.717, 1.165) is 18.2 Å². The monoisotopic (exact) mass is 930 g/mol. The molecule has 4 aromatic carbocycles. The lowest BCUT2D eigenvalue weighted by Gasteiger charge is -2.03. The van der Waals surface area contributed by atoms with Crippen molar-refractivity contribution in [2.75, 3.05) is 11.5 Å². The topological polar surface area (TPSA) is 153 Å². The summed E-state index contributed by atoms with van der Waals surface area (Å²) < 4.78 is 64.4. The van der Waals surface area contributed by atoms with Gasteiger partial charge in [0, 0.05) is 71.8 Å². The van der Waals surface area contributed by atoms with Crippen molar-refractivity contribution in [2.24, 2.45) is 0 Å². The Morgan fingerprint density at radius 1 is 0.740 bits per heavy atom. The Morgan fingerprint density at radius 3 is 1.70 bits per heavy atom. The largest absolute Gasteiger partial charge is 0.527 e. The van der Waals surface area contributed by atoms with E-state index in [0.29, 0.717) is 45.8 Å². The third kappa shape index (κ3) is 8.59. The van der Waals surface area contributed by atoms with Crippen LogP contribution in [0.15, 0.2) is 78.4 Å². The molecule has 8 nitrogen and oxygen atoms in total. The van der Waals surface area contributed by atoms with E-state index in [9.17, 15) is 37.2 Å². The van der Waals surface area contributed by atoms with Gasteiger partial charge in [0.15, 0.2) is 11.6 Å². The van der Waals surface area contributed by atoms with Gasteiger partial charge in [-0.3, -0.25) is 9.59 Å². The highest BCUT2D eigenvalue weighted by molar-refractivity contribution is 14.1. The molecule has 0 saturated heterocycles. The van der Waals surface area contributed by atoms with Crippen LogP contribution in [0, 0.1) is 26.8 Å². The average molecular weight is 932 g/mol. The molecule has 0 aliphatic heterocycles. The lowest BCUT2D eigenvalue weighted by molar-refractivity contribution is 0.0981. The molecule has 6 rings (SSSR count). The van der Waals surface area contributed by atoms with Gasteiger partial charge < -0.3 is 30.3 Å². The zero-order valence-electron chi connectivity index (χ0n) is 26.1. The summed E-state index contributed by atoms with van der Waals surface area (Å²) >= 11 is 8.37.